The fourth-order valence-electron chi connectivity index (χ4n) is 2.87. The van der Waals surface area contributed by atoms with Crippen LogP contribution in [0.1, 0.15) is 58.4 Å². The number of ether oxygens (including phenoxy) is 2. The number of benzene rings is 1. The third-order valence-corrected chi connectivity index (χ3v) is 4.58. The molecule has 5 nitrogen and oxygen atoms in total. The first-order valence-corrected chi connectivity index (χ1v) is 10.1. The molecule has 1 aromatic rings. The largest absolute Gasteiger partial charge is 0.461 e. The molecule has 1 aromatic carbocycles. The van der Waals surface area contributed by atoms with E-state index < -0.39 is 23.7 Å². The second-order valence-corrected chi connectivity index (χ2v) is 8.65. The van der Waals surface area contributed by atoms with Crippen LogP contribution < -0.4 is 5.32 Å². The lowest BCUT2D eigenvalue weighted by atomic mass is 10.1. The van der Waals surface area contributed by atoms with Crippen LogP contribution in [-0.4, -0.2) is 29.8 Å². The molecule has 6 heteroatoms. The molecule has 0 radical (unpaired) electrons. The maximum atomic E-state index is 12.6. The van der Waals surface area contributed by atoms with E-state index in [0.717, 1.165) is 35.7 Å². The zero-order chi connectivity index (χ0) is 19.9. The Balaban J connectivity index is 2.00. The van der Waals surface area contributed by atoms with Gasteiger partial charge in [0.2, 0.25) is 0 Å². The standard InChI is InChI=1S/C21H28BrNO4/c1-21(2,3)27-20(25)23-18(19(24)26-17-11-4-5-12-17)13-7-9-15-8-6-10-16(22)14-15/h6-10,14,17-18H,4-5,11-13H2,1-3H3,(H,23,25)/b9-7+. The van der Waals surface area contributed by atoms with Crippen molar-refractivity contribution in [3.05, 3.63) is 40.4 Å². The van der Waals surface area contributed by atoms with Gasteiger partial charge < -0.3 is 14.8 Å². The van der Waals surface area contributed by atoms with Crippen LogP contribution in [0.5, 0.6) is 0 Å². The normalized spacial score (nSPS) is 16.3. The first-order chi connectivity index (χ1) is 12.7. The summed E-state index contributed by atoms with van der Waals surface area (Å²) in [6, 6.07) is 7.05. The molecule has 0 aliphatic heterocycles. The molecule has 0 spiro atoms. The van der Waals surface area contributed by atoms with Gasteiger partial charge in [0.1, 0.15) is 17.7 Å². The average Bonchev–Trinajstić information content (AvgIpc) is 3.05. The number of esters is 1. The highest BCUT2D eigenvalue weighted by atomic mass is 79.9. The summed E-state index contributed by atoms with van der Waals surface area (Å²) in [7, 11) is 0. The van der Waals surface area contributed by atoms with E-state index in [-0.39, 0.29) is 6.10 Å². The van der Waals surface area contributed by atoms with E-state index in [1.807, 2.05) is 36.4 Å². The van der Waals surface area contributed by atoms with Crippen molar-refractivity contribution in [1.82, 2.24) is 5.32 Å². The Bertz CT molecular complexity index is 675. The number of alkyl carbamates (subject to hydrolysis) is 1. The molecule has 0 heterocycles. The summed E-state index contributed by atoms with van der Waals surface area (Å²) in [5.41, 5.74) is 0.375. The first kappa shape index (κ1) is 21.5. The summed E-state index contributed by atoms with van der Waals surface area (Å²) in [4.78, 5) is 24.7. The van der Waals surface area contributed by atoms with Crippen molar-refractivity contribution in [2.24, 2.45) is 0 Å². The van der Waals surface area contributed by atoms with Crippen LogP contribution in [-0.2, 0) is 14.3 Å². The minimum absolute atomic E-state index is 0.0468. The molecule has 0 aromatic heterocycles. The minimum atomic E-state index is -0.774. The lowest BCUT2D eigenvalue weighted by Gasteiger charge is -2.23. The SMILES string of the molecule is CC(C)(C)OC(=O)NC(C/C=C/c1cccc(Br)c1)C(=O)OC1CCCC1. The van der Waals surface area contributed by atoms with E-state index in [4.69, 9.17) is 9.47 Å². The molecule has 1 atom stereocenters. The third kappa shape index (κ3) is 8.16. The Hall–Kier alpha value is -1.82. The third-order valence-electron chi connectivity index (χ3n) is 4.09. The Morgan fingerprint density at radius 2 is 2.00 bits per heavy atom. The highest BCUT2D eigenvalue weighted by molar-refractivity contribution is 9.10. The molecule has 0 bridgehead atoms. The maximum absolute atomic E-state index is 12.6. The van der Waals surface area contributed by atoms with E-state index in [1.54, 1.807) is 20.8 Å². The molecule has 1 amide bonds. The summed E-state index contributed by atoms with van der Waals surface area (Å²) in [5, 5.41) is 2.65. The fourth-order valence-corrected chi connectivity index (χ4v) is 3.28. The second kappa shape index (κ2) is 9.93. The zero-order valence-electron chi connectivity index (χ0n) is 16.2. The average molecular weight is 438 g/mol. The van der Waals surface area contributed by atoms with Gasteiger partial charge in [-0.2, -0.15) is 0 Å². The van der Waals surface area contributed by atoms with Gasteiger partial charge in [-0.05, 0) is 70.6 Å². The molecule has 1 unspecified atom stereocenters. The quantitative estimate of drug-likeness (QED) is 0.618. The van der Waals surface area contributed by atoms with Gasteiger partial charge >= 0.3 is 12.1 Å². The Morgan fingerprint density at radius 1 is 1.30 bits per heavy atom. The Morgan fingerprint density at radius 3 is 2.63 bits per heavy atom. The van der Waals surface area contributed by atoms with E-state index in [2.05, 4.69) is 21.2 Å². The van der Waals surface area contributed by atoms with Crippen molar-refractivity contribution >= 4 is 34.1 Å². The number of halogens is 1. The van der Waals surface area contributed by atoms with Crippen LogP contribution >= 0.6 is 15.9 Å². The van der Waals surface area contributed by atoms with Crippen molar-refractivity contribution in [3.8, 4) is 0 Å². The lowest BCUT2D eigenvalue weighted by Crippen LogP contribution is -2.44. The predicted molar refractivity (Wildman–Crippen MR) is 109 cm³/mol. The summed E-state index contributed by atoms with van der Waals surface area (Å²) >= 11 is 3.43. The van der Waals surface area contributed by atoms with Crippen LogP contribution in [0.25, 0.3) is 6.08 Å². The maximum Gasteiger partial charge on any atom is 0.408 e. The molecule has 1 aliphatic carbocycles. The second-order valence-electron chi connectivity index (χ2n) is 7.74. The summed E-state index contributed by atoms with van der Waals surface area (Å²) in [6.45, 7) is 5.35. The predicted octanol–water partition coefficient (Wildman–Crippen LogP) is 5.23. The van der Waals surface area contributed by atoms with Crippen LogP contribution in [0, 0.1) is 0 Å². The van der Waals surface area contributed by atoms with E-state index >= 15 is 0 Å². The fraction of sp³-hybridized carbons (Fsp3) is 0.524. The van der Waals surface area contributed by atoms with Gasteiger partial charge in [-0.25, -0.2) is 9.59 Å². The van der Waals surface area contributed by atoms with Gasteiger partial charge in [0, 0.05) is 4.47 Å². The van der Waals surface area contributed by atoms with Crippen LogP contribution in [0.15, 0.2) is 34.8 Å². The van der Waals surface area contributed by atoms with Gasteiger partial charge in [0.25, 0.3) is 0 Å². The topological polar surface area (TPSA) is 64.6 Å². The van der Waals surface area contributed by atoms with Crippen molar-refractivity contribution in [2.45, 2.75) is 70.6 Å². The lowest BCUT2D eigenvalue weighted by molar-refractivity contribution is -0.151. The van der Waals surface area contributed by atoms with E-state index in [9.17, 15) is 9.59 Å². The molecule has 27 heavy (non-hydrogen) atoms. The molecular weight excluding hydrogens is 410 g/mol. The number of amides is 1. The van der Waals surface area contributed by atoms with Gasteiger partial charge in [-0.3, -0.25) is 0 Å². The van der Waals surface area contributed by atoms with Crippen molar-refractivity contribution < 1.29 is 19.1 Å². The molecule has 148 valence electrons. The summed E-state index contributed by atoms with van der Waals surface area (Å²) in [5.74, 6) is -0.411. The minimum Gasteiger partial charge on any atom is -0.461 e. The van der Waals surface area contributed by atoms with Gasteiger partial charge in [-0.15, -0.1) is 0 Å². The molecular formula is C21H28BrNO4. The highest BCUT2D eigenvalue weighted by Crippen LogP contribution is 2.22. The van der Waals surface area contributed by atoms with Crippen LogP contribution in [0.2, 0.25) is 0 Å². The molecule has 0 saturated heterocycles. The van der Waals surface area contributed by atoms with Gasteiger partial charge in [-0.1, -0.05) is 40.2 Å². The number of hydrogen-bond donors (Lipinski definition) is 1. The van der Waals surface area contributed by atoms with Gasteiger partial charge in [0.15, 0.2) is 0 Å². The number of rotatable bonds is 6. The van der Waals surface area contributed by atoms with E-state index in [0.29, 0.717) is 6.42 Å². The summed E-state index contributed by atoms with van der Waals surface area (Å²) in [6.07, 6.45) is 7.36. The number of carbonyl (C=O) groups is 2. The monoisotopic (exact) mass is 437 g/mol. The van der Waals surface area contributed by atoms with E-state index in [1.165, 1.54) is 0 Å². The number of hydrogen-bond acceptors (Lipinski definition) is 4. The molecule has 1 fully saturated rings. The molecule has 1 aliphatic rings. The number of nitrogens with one attached hydrogen (secondary N) is 1. The smallest absolute Gasteiger partial charge is 0.408 e. The Labute approximate surface area is 169 Å². The van der Waals surface area contributed by atoms with Crippen LogP contribution in [0.4, 0.5) is 4.79 Å². The van der Waals surface area contributed by atoms with Crippen molar-refractivity contribution in [1.29, 1.82) is 0 Å². The summed E-state index contributed by atoms with van der Waals surface area (Å²) < 4.78 is 11.8. The number of carbonyl (C=O) groups excluding carboxylic acids is 2. The molecule has 1 saturated carbocycles. The van der Waals surface area contributed by atoms with Crippen LogP contribution in [0.3, 0.4) is 0 Å². The molecule has 1 N–H and O–H groups in total. The zero-order valence-corrected chi connectivity index (χ0v) is 17.8. The molecule has 2 rings (SSSR count). The van der Waals surface area contributed by atoms with Gasteiger partial charge in [0.05, 0.1) is 0 Å². The first-order valence-electron chi connectivity index (χ1n) is 9.35. The van der Waals surface area contributed by atoms with Crippen molar-refractivity contribution in [2.75, 3.05) is 0 Å². The Kier molecular flexibility index (Phi) is 7.90. The highest BCUT2D eigenvalue weighted by Gasteiger charge is 2.28. The van der Waals surface area contributed by atoms with Crippen molar-refractivity contribution in [3.63, 3.8) is 0 Å².